The van der Waals surface area contributed by atoms with Gasteiger partial charge in [0.2, 0.25) is 0 Å². The van der Waals surface area contributed by atoms with Crippen LogP contribution in [0.25, 0.3) is 34.0 Å². The maximum atomic E-state index is 9.73. The molecule has 0 saturated carbocycles. The lowest BCUT2D eigenvalue weighted by molar-refractivity contribution is 0.308. The van der Waals surface area contributed by atoms with Crippen LogP contribution in [0.3, 0.4) is 0 Å². The summed E-state index contributed by atoms with van der Waals surface area (Å²) in [5.74, 6) is 4.42. The number of benzene rings is 6. The molecule has 6 aromatic carbocycles. The van der Waals surface area contributed by atoms with Gasteiger partial charge in [0.25, 0.3) is 0 Å². The zero-order valence-corrected chi connectivity index (χ0v) is 42.0. The molecule has 0 saturated heterocycles. The fourth-order valence-corrected chi connectivity index (χ4v) is 8.97. The summed E-state index contributed by atoms with van der Waals surface area (Å²) in [7, 11) is 0. The van der Waals surface area contributed by atoms with Crippen molar-refractivity contribution in [2.45, 2.75) is 32.5 Å². The van der Waals surface area contributed by atoms with Crippen molar-refractivity contribution in [3.63, 3.8) is 0 Å². The van der Waals surface area contributed by atoms with Crippen LogP contribution < -0.4 is 16.0 Å². The highest BCUT2D eigenvalue weighted by Crippen LogP contribution is 2.33. The average Bonchev–Trinajstić information content (AvgIpc) is 4.34. The Morgan fingerprint density at radius 2 is 0.844 bits per heavy atom. The molecule has 0 fully saturated rings. The van der Waals surface area contributed by atoms with Gasteiger partial charge in [0.15, 0.2) is 29.2 Å². The standard InChI is InChI=1S/2C21H19N3O2.C20H17N3O2/c1-15-22-12-19(26-15)11-20-21(17-7-3-2-4-8-17)23-14-24(20)13-16-6-5-9-18(25)10-16;1-15-22-12-20(26-15)21-19(11-16-6-3-2-4-7-16)23-14-24(21)13-17-8-5-9-18(25)10-17;1-14-21-11-18(25-14)20-19(16-7-3-2-4-8-16)22-13-23(20)12-15-6-5-9-17(24)10-15/h2*2-10,12,14,22,25H,1,11,13H2;2-11,13,21,24H,1,12H2. The van der Waals surface area contributed by atoms with Gasteiger partial charge in [0.1, 0.15) is 34.4 Å². The Labute approximate surface area is 445 Å². The molecule has 0 bridgehead atoms. The molecule has 9 aromatic rings. The Kier molecular flexibility index (Phi) is 15.1. The normalized spacial score (nSPS) is 13.2. The maximum absolute atomic E-state index is 9.73. The molecule has 0 atom stereocenters. The van der Waals surface area contributed by atoms with Crippen LogP contribution in [0.1, 0.15) is 45.0 Å². The van der Waals surface area contributed by atoms with Crippen molar-refractivity contribution in [1.82, 2.24) is 44.6 Å². The number of hydrogen-bond donors (Lipinski definition) is 6. The summed E-state index contributed by atoms with van der Waals surface area (Å²) in [5.41, 5.74) is 11.7. The SMILES string of the molecule is C=C1NC=C(Cc2c(-c3ccccc3)ncn2Cc2cccc(O)c2)O1.C=C1NC=C(c2c(-c3ccccc3)ncn2Cc2cccc(O)c2)O1.C=C1NC=C(c2c(Cc3ccccc3)ncn2Cc2cccc(O)c2)O1. The van der Waals surface area contributed by atoms with Crippen LogP contribution in [-0.2, 0) is 46.7 Å². The van der Waals surface area contributed by atoms with Gasteiger partial charge < -0.3 is 59.2 Å². The summed E-state index contributed by atoms with van der Waals surface area (Å²) >= 11 is 0. The maximum Gasteiger partial charge on any atom is 0.190 e. The molecular formula is C62H55N9O6. The molecule has 77 heavy (non-hydrogen) atoms. The van der Waals surface area contributed by atoms with E-state index < -0.39 is 0 Å². The van der Waals surface area contributed by atoms with Crippen molar-refractivity contribution < 1.29 is 29.5 Å². The third-order valence-electron chi connectivity index (χ3n) is 12.4. The van der Waals surface area contributed by atoms with Gasteiger partial charge >= 0.3 is 0 Å². The fourth-order valence-electron chi connectivity index (χ4n) is 8.97. The van der Waals surface area contributed by atoms with E-state index in [1.807, 2.05) is 143 Å². The van der Waals surface area contributed by atoms with Crippen molar-refractivity contribution in [3.8, 4) is 39.8 Å². The number of imidazole rings is 3. The van der Waals surface area contributed by atoms with Crippen molar-refractivity contribution in [1.29, 1.82) is 0 Å². The Balaban J connectivity index is 0.000000131. The highest BCUT2D eigenvalue weighted by atomic mass is 16.5. The van der Waals surface area contributed by atoms with E-state index in [1.165, 1.54) is 5.56 Å². The van der Waals surface area contributed by atoms with Crippen molar-refractivity contribution in [2.24, 2.45) is 0 Å². The van der Waals surface area contributed by atoms with Gasteiger partial charge in [-0.3, -0.25) is 0 Å². The van der Waals surface area contributed by atoms with E-state index in [4.69, 9.17) is 14.2 Å². The number of hydrogen-bond acceptors (Lipinski definition) is 12. The fraction of sp³-hybridized carbons (Fsp3) is 0.0806. The van der Waals surface area contributed by atoms with Gasteiger partial charge in [-0.15, -0.1) is 0 Å². The van der Waals surface area contributed by atoms with Gasteiger partial charge in [-0.1, -0.05) is 127 Å². The van der Waals surface area contributed by atoms with Crippen molar-refractivity contribution in [3.05, 3.63) is 290 Å². The predicted molar refractivity (Wildman–Crippen MR) is 296 cm³/mol. The topological polar surface area (TPSA) is 178 Å². The number of aromatic nitrogens is 6. The average molecular weight is 1020 g/mol. The van der Waals surface area contributed by atoms with Crippen LogP contribution in [-0.4, -0.2) is 44.0 Å². The Bertz CT molecular complexity index is 3670. The van der Waals surface area contributed by atoms with Crippen LogP contribution in [0.15, 0.2) is 245 Å². The first-order chi connectivity index (χ1) is 37.6. The van der Waals surface area contributed by atoms with Gasteiger partial charge in [0, 0.05) is 62.2 Å². The van der Waals surface area contributed by atoms with Gasteiger partial charge in [0.05, 0.1) is 41.8 Å². The van der Waals surface area contributed by atoms with Crippen LogP contribution in [0.4, 0.5) is 0 Å². The van der Waals surface area contributed by atoms with E-state index in [-0.39, 0.29) is 17.2 Å². The lowest BCUT2D eigenvalue weighted by Gasteiger charge is -2.11. The van der Waals surface area contributed by atoms with E-state index in [0.29, 0.717) is 61.6 Å². The molecule has 384 valence electrons. The summed E-state index contributed by atoms with van der Waals surface area (Å²) in [6.07, 6.45) is 12.1. The zero-order chi connectivity index (χ0) is 53.1. The Hall–Kier alpha value is -10.4. The summed E-state index contributed by atoms with van der Waals surface area (Å²) in [5, 5.41) is 38.1. The van der Waals surface area contributed by atoms with E-state index >= 15 is 0 Å². The van der Waals surface area contributed by atoms with E-state index in [2.05, 4.69) is 67.3 Å². The third kappa shape index (κ3) is 12.5. The molecule has 15 nitrogen and oxygen atoms in total. The van der Waals surface area contributed by atoms with E-state index in [1.54, 1.807) is 55.1 Å². The van der Waals surface area contributed by atoms with Gasteiger partial charge in [-0.05, 0) is 78.4 Å². The molecule has 0 radical (unpaired) electrons. The lowest BCUT2D eigenvalue weighted by Crippen LogP contribution is -2.06. The molecule has 0 spiro atoms. The van der Waals surface area contributed by atoms with Crippen molar-refractivity contribution in [2.75, 3.05) is 0 Å². The van der Waals surface area contributed by atoms with E-state index in [9.17, 15) is 15.3 Å². The third-order valence-corrected chi connectivity index (χ3v) is 12.4. The quantitative estimate of drug-likeness (QED) is 0.0608. The lowest BCUT2D eigenvalue weighted by atomic mass is 10.1. The highest BCUT2D eigenvalue weighted by Gasteiger charge is 2.24. The first kappa shape index (κ1) is 50.1. The minimum absolute atomic E-state index is 0.244. The summed E-state index contributed by atoms with van der Waals surface area (Å²) in [6, 6.07) is 51.9. The second kappa shape index (κ2) is 23.2. The number of nitrogens with zero attached hydrogens (tertiary/aromatic N) is 6. The summed E-state index contributed by atoms with van der Waals surface area (Å²) in [6.45, 7) is 13.1. The number of rotatable bonds is 14. The summed E-state index contributed by atoms with van der Waals surface area (Å²) < 4.78 is 23.2. The predicted octanol–water partition coefficient (Wildman–Crippen LogP) is 11.1. The minimum Gasteiger partial charge on any atom is -0.508 e. The van der Waals surface area contributed by atoms with Gasteiger partial charge in [-0.2, -0.15) is 0 Å². The summed E-state index contributed by atoms with van der Waals surface area (Å²) in [4.78, 5) is 13.9. The number of phenolic OH excluding ortho intramolecular Hbond substituents is 3. The molecule has 3 aliphatic heterocycles. The van der Waals surface area contributed by atoms with Crippen LogP contribution in [0.5, 0.6) is 17.2 Å². The molecule has 0 aliphatic carbocycles. The number of phenols is 3. The number of ether oxygens (including phenoxy) is 3. The molecule has 3 aliphatic rings. The second-order valence-corrected chi connectivity index (χ2v) is 18.1. The monoisotopic (exact) mass is 1020 g/mol. The van der Waals surface area contributed by atoms with Crippen LogP contribution in [0.2, 0.25) is 0 Å². The molecule has 12 rings (SSSR count). The second-order valence-electron chi connectivity index (χ2n) is 18.1. The van der Waals surface area contributed by atoms with E-state index in [0.717, 1.165) is 67.7 Å². The number of aromatic hydroxyl groups is 3. The molecule has 0 unspecified atom stereocenters. The first-order valence-corrected chi connectivity index (χ1v) is 24.7. The highest BCUT2D eigenvalue weighted by molar-refractivity contribution is 5.75. The molecule has 15 heteroatoms. The minimum atomic E-state index is 0.244. The smallest absolute Gasteiger partial charge is 0.190 e. The largest absolute Gasteiger partial charge is 0.508 e. The Morgan fingerprint density at radius 1 is 0.416 bits per heavy atom. The van der Waals surface area contributed by atoms with Crippen LogP contribution in [0, 0.1) is 0 Å². The molecule has 0 amide bonds. The van der Waals surface area contributed by atoms with Gasteiger partial charge in [-0.25, -0.2) is 15.0 Å². The zero-order valence-electron chi connectivity index (χ0n) is 42.0. The molecular weight excluding hydrogens is 967 g/mol. The number of allylic oxidation sites excluding steroid dienone is 1. The van der Waals surface area contributed by atoms with Crippen LogP contribution >= 0.6 is 0 Å². The Morgan fingerprint density at radius 3 is 1.35 bits per heavy atom. The first-order valence-electron chi connectivity index (χ1n) is 24.7. The van der Waals surface area contributed by atoms with Crippen molar-refractivity contribution >= 4 is 11.5 Å². The molecule has 6 heterocycles. The molecule has 6 N–H and O–H groups in total. The molecule has 3 aromatic heterocycles. The number of nitrogens with one attached hydrogen (secondary N) is 3.